The van der Waals surface area contributed by atoms with Crippen LogP contribution in [0.4, 0.5) is 17.1 Å². The first-order valence-corrected chi connectivity index (χ1v) is 9.90. The molecule has 2 aromatic carbocycles. The monoisotopic (exact) mass is 413 g/mol. The number of carbonyl (C=O) groups excluding carboxylic acids is 1. The van der Waals surface area contributed by atoms with Crippen LogP contribution in [-0.2, 0) is 0 Å². The summed E-state index contributed by atoms with van der Waals surface area (Å²) in [5, 5.41) is 24.5. The van der Waals surface area contributed by atoms with E-state index in [1.807, 2.05) is 0 Å². The van der Waals surface area contributed by atoms with Crippen LogP contribution in [0.2, 0.25) is 0 Å². The number of nitro benzene ring substituents is 2. The quantitative estimate of drug-likeness (QED) is 0.474. The number of rotatable bonds is 8. The van der Waals surface area contributed by atoms with E-state index in [1.54, 1.807) is 24.3 Å². The van der Waals surface area contributed by atoms with Crippen LogP contribution in [0.25, 0.3) is 0 Å². The Morgan fingerprint density at radius 3 is 2.13 bits per heavy atom. The zero-order valence-electron chi connectivity index (χ0n) is 16.4. The summed E-state index contributed by atoms with van der Waals surface area (Å²) in [6.07, 6.45) is 7.49. The van der Waals surface area contributed by atoms with Gasteiger partial charge in [-0.2, -0.15) is 0 Å². The Hall–Kier alpha value is -3.49. The number of anilines is 1. The van der Waals surface area contributed by atoms with E-state index >= 15 is 0 Å². The molecule has 3 rings (SSSR count). The Labute approximate surface area is 173 Å². The highest BCUT2D eigenvalue weighted by molar-refractivity contribution is 6.05. The van der Waals surface area contributed by atoms with E-state index in [2.05, 4.69) is 5.32 Å². The largest absolute Gasteiger partial charge is 0.494 e. The average Bonchev–Trinajstić information content (AvgIpc) is 2.75. The first-order valence-electron chi connectivity index (χ1n) is 9.90. The molecule has 0 unspecified atom stereocenters. The molecule has 0 spiro atoms. The lowest BCUT2D eigenvalue weighted by atomic mass is 9.87. The third-order valence-electron chi connectivity index (χ3n) is 5.22. The zero-order chi connectivity index (χ0) is 21.5. The number of hydrogen-bond acceptors (Lipinski definition) is 6. The van der Waals surface area contributed by atoms with Crippen LogP contribution >= 0.6 is 0 Å². The van der Waals surface area contributed by atoms with Crippen LogP contribution in [0, 0.1) is 26.1 Å². The van der Waals surface area contributed by atoms with Gasteiger partial charge in [0.2, 0.25) is 0 Å². The third kappa shape index (κ3) is 5.76. The van der Waals surface area contributed by atoms with Crippen molar-refractivity contribution in [3.8, 4) is 5.75 Å². The molecule has 1 fully saturated rings. The summed E-state index contributed by atoms with van der Waals surface area (Å²) in [6.45, 7) is 0.647. The number of non-ortho nitro benzene ring substituents is 2. The maximum absolute atomic E-state index is 12.4. The van der Waals surface area contributed by atoms with Gasteiger partial charge in [0.15, 0.2) is 0 Å². The van der Waals surface area contributed by atoms with Gasteiger partial charge in [-0.3, -0.25) is 25.0 Å². The summed E-state index contributed by atoms with van der Waals surface area (Å²) in [5.74, 6) is 0.749. The maximum Gasteiger partial charge on any atom is 0.277 e. The molecule has 2 aromatic rings. The van der Waals surface area contributed by atoms with Crippen molar-refractivity contribution in [1.29, 1.82) is 0 Å². The first kappa shape index (κ1) is 21.2. The fourth-order valence-electron chi connectivity index (χ4n) is 3.59. The highest BCUT2D eigenvalue weighted by atomic mass is 16.6. The van der Waals surface area contributed by atoms with Gasteiger partial charge in [0.1, 0.15) is 5.75 Å². The molecule has 0 saturated heterocycles. The van der Waals surface area contributed by atoms with Crippen molar-refractivity contribution in [3.05, 3.63) is 68.3 Å². The van der Waals surface area contributed by atoms with Gasteiger partial charge in [-0.25, -0.2) is 0 Å². The van der Waals surface area contributed by atoms with Crippen LogP contribution < -0.4 is 10.1 Å². The summed E-state index contributed by atoms with van der Waals surface area (Å²) in [6, 6.07) is 9.59. The smallest absolute Gasteiger partial charge is 0.277 e. The Kier molecular flexibility index (Phi) is 6.95. The molecular weight excluding hydrogens is 390 g/mol. The van der Waals surface area contributed by atoms with Gasteiger partial charge in [-0.15, -0.1) is 0 Å². The van der Waals surface area contributed by atoms with Crippen molar-refractivity contribution in [2.24, 2.45) is 5.92 Å². The molecular formula is C21H23N3O6. The van der Waals surface area contributed by atoms with E-state index in [0.29, 0.717) is 18.0 Å². The summed E-state index contributed by atoms with van der Waals surface area (Å²) < 4.78 is 5.77. The van der Waals surface area contributed by atoms with Crippen LogP contribution in [0.5, 0.6) is 5.75 Å². The Bertz CT molecular complexity index is 891. The molecule has 1 aliphatic rings. The number of hydrogen-bond donors (Lipinski definition) is 1. The minimum atomic E-state index is -0.775. The molecule has 9 nitrogen and oxygen atoms in total. The van der Waals surface area contributed by atoms with E-state index in [4.69, 9.17) is 4.74 Å². The normalized spacial score (nSPS) is 14.1. The van der Waals surface area contributed by atoms with Gasteiger partial charge in [-0.05, 0) is 36.6 Å². The fourth-order valence-corrected chi connectivity index (χ4v) is 3.59. The van der Waals surface area contributed by atoms with E-state index in [9.17, 15) is 25.0 Å². The van der Waals surface area contributed by atoms with Gasteiger partial charge >= 0.3 is 0 Å². The van der Waals surface area contributed by atoms with E-state index < -0.39 is 27.1 Å². The molecule has 30 heavy (non-hydrogen) atoms. The molecule has 0 heterocycles. The molecule has 1 amide bonds. The predicted molar refractivity (Wildman–Crippen MR) is 111 cm³/mol. The van der Waals surface area contributed by atoms with Crippen molar-refractivity contribution in [2.75, 3.05) is 11.9 Å². The Balaban J connectivity index is 1.59. The molecule has 1 saturated carbocycles. The molecule has 0 radical (unpaired) electrons. The highest BCUT2D eigenvalue weighted by Gasteiger charge is 2.20. The van der Waals surface area contributed by atoms with Gasteiger partial charge in [0, 0.05) is 17.8 Å². The minimum absolute atomic E-state index is 0.163. The second-order valence-electron chi connectivity index (χ2n) is 7.37. The van der Waals surface area contributed by atoms with Gasteiger partial charge < -0.3 is 10.1 Å². The lowest BCUT2D eigenvalue weighted by molar-refractivity contribution is -0.394. The molecule has 0 aliphatic heterocycles. The molecule has 158 valence electrons. The third-order valence-corrected chi connectivity index (χ3v) is 5.22. The van der Waals surface area contributed by atoms with Crippen molar-refractivity contribution in [3.63, 3.8) is 0 Å². The number of carbonyl (C=O) groups is 1. The molecule has 1 aliphatic carbocycles. The molecule has 0 bridgehead atoms. The molecule has 0 atom stereocenters. The Morgan fingerprint density at radius 1 is 0.967 bits per heavy atom. The molecule has 1 N–H and O–H groups in total. The maximum atomic E-state index is 12.4. The lowest BCUT2D eigenvalue weighted by Gasteiger charge is -2.21. The van der Waals surface area contributed by atoms with Crippen molar-refractivity contribution >= 4 is 23.0 Å². The fraction of sp³-hybridized carbons (Fsp3) is 0.381. The number of amides is 1. The van der Waals surface area contributed by atoms with Crippen LogP contribution in [-0.4, -0.2) is 22.4 Å². The predicted octanol–water partition coefficient (Wildman–Crippen LogP) is 5.10. The SMILES string of the molecule is O=C(Nc1ccc(OCCC2CCCCC2)cc1)c1cc([N+](=O)[O-])cc([N+](=O)[O-])c1. The number of nitro groups is 2. The standard InChI is InChI=1S/C21H23N3O6/c25-21(16-12-18(23(26)27)14-19(13-16)24(28)29)22-17-6-8-20(9-7-17)30-11-10-15-4-2-1-3-5-15/h6-9,12-15H,1-5,10-11H2,(H,22,25). The summed E-state index contributed by atoms with van der Waals surface area (Å²) in [7, 11) is 0. The van der Waals surface area contributed by atoms with Crippen LogP contribution in [0.1, 0.15) is 48.9 Å². The number of ether oxygens (including phenoxy) is 1. The molecule has 0 aromatic heterocycles. The van der Waals surface area contributed by atoms with Gasteiger partial charge in [0.05, 0.1) is 28.1 Å². The van der Waals surface area contributed by atoms with Crippen LogP contribution in [0.3, 0.4) is 0 Å². The van der Waals surface area contributed by atoms with Gasteiger partial charge in [-0.1, -0.05) is 32.1 Å². The second-order valence-corrected chi connectivity index (χ2v) is 7.37. The lowest BCUT2D eigenvalue weighted by Crippen LogP contribution is -2.13. The van der Waals surface area contributed by atoms with E-state index in [1.165, 1.54) is 32.1 Å². The number of nitrogens with zero attached hydrogens (tertiary/aromatic N) is 2. The van der Waals surface area contributed by atoms with Crippen LogP contribution in [0.15, 0.2) is 42.5 Å². The van der Waals surface area contributed by atoms with E-state index in [0.717, 1.165) is 30.5 Å². The minimum Gasteiger partial charge on any atom is -0.494 e. The van der Waals surface area contributed by atoms with Crippen molar-refractivity contribution in [2.45, 2.75) is 38.5 Å². The Morgan fingerprint density at radius 2 is 1.57 bits per heavy atom. The summed E-state index contributed by atoms with van der Waals surface area (Å²) in [4.78, 5) is 32.8. The average molecular weight is 413 g/mol. The summed E-state index contributed by atoms with van der Waals surface area (Å²) in [5.41, 5.74) is -0.746. The highest BCUT2D eigenvalue weighted by Crippen LogP contribution is 2.27. The van der Waals surface area contributed by atoms with Gasteiger partial charge in [0.25, 0.3) is 17.3 Å². The second kappa shape index (κ2) is 9.82. The van der Waals surface area contributed by atoms with E-state index in [-0.39, 0.29) is 5.56 Å². The number of benzene rings is 2. The topological polar surface area (TPSA) is 125 Å². The zero-order valence-corrected chi connectivity index (χ0v) is 16.4. The summed E-state index contributed by atoms with van der Waals surface area (Å²) >= 11 is 0. The molecule has 9 heteroatoms. The van der Waals surface area contributed by atoms with Crippen molar-refractivity contribution < 1.29 is 19.4 Å². The first-order chi connectivity index (χ1) is 14.4. The van der Waals surface area contributed by atoms with Crippen molar-refractivity contribution in [1.82, 2.24) is 0 Å². The number of nitrogens with one attached hydrogen (secondary N) is 1.